The highest BCUT2D eigenvalue weighted by atomic mass is 32.1. The zero-order chi connectivity index (χ0) is 16.7. The summed E-state index contributed by atoms with van der Waals surface area (Å²) in [6.07, 6.45) is 2.36. The van der Waals surface area contributed by atoms with Crippen molar-refractivity contribution in [3.8, 4) is 0 Å². The van der Waals surface area contributed by atoms with E-state index in [2.05, 4.69) is 46.2 Å². The second-order valence-corrected chi connectivity index (χ2v) is 7.64. The molecule has 0 amide bonds. The van der Waals surface area contributed by atoms with Gasteiger partial charge < -0.3 is 0 Å². The lowest BCUT2D eigenvalue weighted by Gasteiger charge is -2.16. The molecule has 0 unspecified atom stereocenters. The first-order chi connectivity index (χ1) is 11.6. The molecule has 24 heavy (non-hydrogen) atoms. The second kappa shape index (κ2) is 6.11. The van der Waals surface area contributed by atoms with Crippen LogP contribution in [0.5, 0.6) is 0 Å². The summed E-state index contributed by atoms with van der Waals surface area (Å²) in [6.45, 7) is 3.57. The van der Waals surface area contributed by atoms with Crippen molar-refractivity contribution in [2.75, 3.05) is 7.05 Å². The van der Waals surface area contributed by atoms with E-state index in [0.717, 1.165) is 17.2 Å². The Morgan fingerprint density at radius 1 is 1.25 bits per heavy atom. The number of nitrogens with zero attached hydrogens (tertiary/aromatic N) is 4. The van der Waals surface area contributed by atoms with E-state index in [0.29, 0.717) is 17.4 Å². The molecule has 0 spiro atoms. The summed E-state index contributed by atoms with van der Waals surface area (Å²) in [5, 5.41) is 5.46. The zero-order valence-electron chi connectivity index (χ0n) is 13.9. The predicted octanol–water partition coefficient (Wildman–Crippen LogP) is 2.97. The molecular weight excluding hydrogens is 320 g/mol. The fourth-order valence-electron chi connectivity index (χ4n) is 2.78. The van der Waals surface area contributed by atoms with Gasteiger partial charge in [0.2, 0.25) is 4.96 Å². The van der Waals surface area contributed by atoms with E-state index in [4.69, 9.17) is 0 Å². The minimum absolute atomic E-state index is 0.0816. The Bertz CT molecular complexity index is 924. The number of aromatic nitrogens is 3. The van der Waals surface area contributed by atoms with Crippen molar-refractivity contribution in [3.63, 3.8) is 0 Å². The van der Waals surface area contributed by atoms with Crippen molar-refractivity contribution < 1.29 is 0 Å². The van der Waals surface area contributed by atoms with E-state index in [9.17, 15) is 4.79 Å². The molecule has 1 aromatic carbocycles. The number of aryl methyl sites for hydroxylation is 1. The molecule has 1 aliphatic carbocycles. The lowest BCUT2D eigenvalue weighted by atomic mass is 10.1. The van der Waals surface area contributed by atoms with Crippen LogP contribution in [0.3, 0.4) is 0 Å². The summed E-state index contributed by atoms with van der Waals surface area (Å²) >= 11 is 1.55. The Balaban J connectivity index is 1.52. The molecule has 0 bridgehead atoms. The second-order valence-electron chi connectivity index (χ2n) is 6.65. The van der Waals surface area contributed by atoms with Crippen LogP contribution in [0.1, 0.15) is 40.6 Å². The summed E-state index contributed by atoms with van der Waals surface area (Å²) < 4.78 is 1.45. The highest BCUT2D eigenvalue weighted by molar-refractivity contribution is 7.16. The average molecular weight is 340 g/mol. The molecule has 124 valence electrons. The maximum atomic E-state index is 12.3. The van der Waals surface area contributed by atoms with Gasteiger partial charge in [-0.05, 0) is 32.4 Å². The molecule has 1 aliphatic rings. The summed E-state index contributed by atoms with van der Waals surface area (Å²) in [5.41, 5.74) is 3.25. The Hall–Kier alpha value is -2.05. The number of benzene rings is 1. The molecule has 1 fully saturated rings. The molecule has 2 aromatic heterocycles. The van der Waals surface area contributed by atoms with Crippen LogP contribution in [0, 0.1) is 6.92 Å². The van der Waals surface area contributed by atoms with E-state index < -0.39 is 0 Å². The van der Waals surface area contributed by atoms with Crippen LogP contribution in [0.15, 0.2) is 35.1 Å². The molecule has 6 heteroatoms. The summed E-state index contributed by atoms with van der Waals surface area (Å²) in [4.78, 5) is 19.8. The van der Waals surface area contributed by atoms with Crippen LogP contribution in [0.25, 0.3) is 4.96 Å². The summed E-state index contributed by atoms with van der Waals surface area (Å²) in [5.74, 6) is 0.545. The molecule has 0 N–H and O–H groups in total. The quantitative estimate of drug-likeness (QED) is 0.716. The first kappa shape index (κ1) is 15.5. The molecule has 0 saturated heterocycles. The fourth-order valence-corrected chi connectivity index (χ4v) is 3.88. The highest BCUT2D eigenvalue weighted by Gasteiger charge is 2.28. The third-order valence-corrected chi connectivity index (χ3v) is 5.32. The Morgan fingerprint density at radius 3 is 2.71 bits per heavy atom. The number of hydrogen-bond acceptors (Lipinski definition) is 5. The number of hydrogen-bond donors (Lipinski definition) is 0. The molecule has 4 rings (SSSR count). The zero-order valence-corrected chi connectivity index (χ0v) is 14.7. The average Bonchev–Trinajstić information content (AvgIpc) is 3.29. The van der Waals surface area contributed by atoms with Crippen LogP contribution < -0.4 is 5.56 Å². The van der Waals surface area contributed by atoms with E-state index in [1.807, 2.05) is 7.05 Å². The Kier molecular flexibility index (Phi) is 3.94. The maximum absolute atomic E-state index is 12.3. The molecule has 2 heterocycles. The van der Waals surface area contributed by atoms with Crippen molar-refractivity contribution in [2.24, 2.45) is 0 Å². The first-order valence-electron chi connectivity index (χ1n) is 8.22. The van der Waals surface area contributed by atoms with E-state index in [1.54, 1.807) is 17.4 Å². The molecule has 3 aromatic rings. The van der Waals surface area contributed by atoms with Crippen LogP contribution in [0.2, 0.25) is 0 Å². The van der Waals surface area contributed by atoms with Gasteiger partial charge in [-0.2, -0.15) is 9.61 Å². The monoisotopic (exact) mass is 340 g/mol. The van der Waals surface area contributed by atoms with Crippen molar-refractivity contribution in [3.05, 3.63) is 62.5 Å². The third kappa shape index (κ3) is 3.25. The molecule has 0 atom stereocenters. The normalized spacial score (nSPS) is 14.6. The Labute approximate surface area is 144 Å². The standard InChI is InChI=1S/C18H20N4OS/c1-12-3-5-13(6-4-12)10-21(2)11-15-9-16(23)22-18(19-15)24-17(20-22)14-7-8-14/h3-6,9,14H,7-8,10-11H2,1-2H3. The van der Waals surface area contributed by atoms with Crippen molar-refractivity contribution >= 4 is 16.3 Å². The minimum atomic E-state index is -0.0816. The van der Waals surface area contributed by atoms with Gasteiger partial charge in [0, 0.05) is 25.1 Å². The smallest absolute Gasteiger partial charge is 0.275 e. The summed E-state index contributed by atoms with van der Waals surface area (Å²) in [7, 11) is 2.05. The molecule has 0 radical (unpaired) electrons. The summed E-state index contributed by atoms with van der Waals surface area (Å²) in [6, 6.07) is 10.1. The topological polar surface area (TPSA) is 50.5 Å². The van der Waals surface area contributed by atoms with Gasteiger partial charge in [-0.3, -0.25) is 9.69 Å². The van der Waals surface area contributed by atoms with Crippen molar-refractivity contribution in [1.82, 2.24) is 19.5 Å². The van der Waals surface area contributed by atoms with E-state index in [-0.39, 0.29) is 5.56 Å². The molecule has 1 saturated carbocycles. The third-order valence-electron chi connectivity index (χ3n) is 4.25. The lowest BCUT2D eigenvalue weighted by molar-refractivity contribution is 0.315. The van der Waals surface area contributed by atoms with Gasteiger partial charge in [0.05, 0.1) is 5.69 Å². The van der Waals surface area contributed by atoms with Crippen LogP contribution in [-0.2, 0) is 13.1 Å². The predicted molar refractivity (Wildman–Crippen MR) is 95.5 cm³/mol. The highest BCUT2D eigenvalue weighted by Crippen LogP contribution is 2.41. The number of rotatable bonds is 5. The van der Waals surface area contributed by atoms with Gasteiger partial charge in [-0.15, -0.1) is 0 Å². The molecular formula is C18H20N4OS. The van der Waals surface area contributed by atoms with Crippen molar-refractivity contribution in [1.29, 1.82) is 0 Å². The largest absolute Gasteiger partial charge is 0.296 e. The van der Waals surface area contributed by atoms with Crippen LogP contribution in [-0.4, -0.2) is 26.5 Å². The number of fused-ring (bicyclic) bond motifs is 1. The van der Waals surface area contributed by atoms with Gasteiger partial charge >= 0.3 is 0 Å². The molecule has 5 nitrogen and oxygen atoms in total. The van der Waals surface area contributed by atoms with E-state index in [1.165, 1.54) is 28.5 Å². The first-order valence-corrected chi connectivity index (χ1v) is 9.04. The SMILES string of the molecule is Cc1ccc(CN(C)Cc2cc(=O)n3nc(C4CC4)sc3n2)cc1. The van der Waals surface area contributed by atoms with Gasteiger partial charge in [0.15, 0.2) is 0 Å². The van der Waals surface area contributed by atoms with Crippen LogP contribution in [0.4, 0.5) is 0 Å². The minimum Gasteiger partial charge on any atom is -0.296 e. The van der Waals surface area contributed by atoms with Gasteiger partial charge in [0.1, 0.15) is 5.01 Å². The van der Waals surface area contributed by atoms with E-state index >= 15 is 0 Å². The molecule has 0 aliphatic heterocycles. The van der Waals surface area contributed by atoms with Crippen molar-refractivity contribution in [2.45, 2.75) is 38.8 Å². The Morgan fingerprint density at radius 2 is 2.00 bits per heavy atom. The fraction of sp³-hybridized carbons (Fsp3) is 0.389. The van der Waals surface area contributed by atoms with Gasteiger partial charge in [-0.25, -0.2) is 4.98 Å². The van der Waals surface area contributed by atoms with Gasteiger partial charge in [0.25, 0.3) is 5.56 Å². The lowest BCUT2D eigenvalue weighted by Crippen LogP contribution is -2.21. The van der Waals surface area contributed by atoms with Crippen LogP contribution >= 0.6 is 11.3 Å². The van der Waals surface area contributed by atoms with Gasteiger partial charge in [-0.1, -0.05) is 41.2 Å². The maximum Gasteiger partial charge on any atom is 0.275 e.